The minimum atomic E-state index is -0.443. The van der Waals surface area contributed by atoms with Gasteiger partial charge in [-0.05, 0) is 88.4 Å². The van der Waals surface area contributed by atoms with E-state index in [1.807, 2.05) is 71.9 Å². The van der Waals surface area contributed by atoms with Crippen LogP contribution in [0.1, 0.15) is 52.0 Å². The normalized spacial score (nSPS) is 10.8. The number of carbonyl (C=O) groups is 2. The van der Waals surface area contributed by atoms with Gasteiger partial charge in [0.25, 0.3) is 5.91 Å². The molecule has 0 saturated heterocycles. The molecule has 4 nitrogen and oxygen atoms in total. The molecule has 0 aliphatic heterocycles. The molecule has 1 amide bonds. The zero-order valence-electron chi connectivity index (χ0n) is 17.3. The van der Waals surface area contributed by atoms with Gasteiger partial charge in [-0.3, -0.25) is 4.79 Å². The van der Waals surface area contributed by atoms with E-state index in [2.05, 4.69) is 6.92 Å². The Morgan fingerprint density at radius 2 is 1.33 bits per heavy atom. The zero-order chi connectivity index (χ0) is 20.3. The van der Waals surface area contributed by atoms with Gasteiger partial charge in [-0.2, -0.15) is 0 Å². The summed E-state index contributed by atoms with van der Waals surface area (Å²) in [5.41, 5.74) is 6.55. The van der Waals surface area contributed by atoms with Crippen LogP contribution >= 0.6 is 0 Å². The van der Waals surface area contributed by atoms with Crippen molar-refractivity contribution in [1.29, 1.82) is 0 Å². The van der Waals surface area contributed by atoms with Crippen molar-refractivity contribution < 1.29 is 14.3 Å². The lowest BCUT2D eigenvalue weighted by Crippen LogP contribution is -2.40. The maximum Gasteiger partial charge on any atom is 0.339 e. The fraction of sp³-hybridized carbons (Fsp3) is 0.391. The Hall–Kier alpha value is -2.62. The second-order valence-electron chi connectivity index (χ2n) is 7.27. The Balaban J connectivity index is 2.21. The van der Waals surface area contributed by atoms with Crippen molar-refractivity contribution in [3.63, 3.8) is 0 Å². The maximum atomic E-state index is 12.7. The van der Waals surface area contributed by atoms with Crippen molar-refractivity contribution in [1.82, 2.24) is 0 Å². The molecule has 27 heavy (non-hydrogen) atoms. The van der Waals surface area contributed by atoms with Crippen LogP contribution in [0.3, 0.4) is 0 Å². The van der Waals surface area contributed by atoms with Crippen LogP contribution in [0, 0.1) is 34.6 Å². The van der Waals surface area contributed by atoms with Crippen LogP contribution in [-0.2, 0) is 9.53 Å². The predicted octanol–water partition coefficient (Wildman–Crippen LogP) is 4.83. The van der Waals surface area contributed by atoms with Crippen LogP contribution in [-0.4, -0.2) is 24.5 Å². The molecule has 0 aliphatic rings. The number of benzene rings is 2. The first-order valence-electron chi connectivity index (χ1n) is 9.28. The molecule has 0 bridgehead atoms. The first-order chi connectivity index (χ1) is 12.7. The van der Waals surface area contributed by atoms with Crippen LogP contribution in [0.2, 0.25) is 0 Å². The molecule has 0 heterocycles. The van der Waals surface area contributed by atoms with Gasteiger partial charge in [-0.25, -0.2) is 4.79 Å². The van der Waals surface area contributed by atoms with Gasteiger partial charge in [0.05, 0.1) is 5.56 Å². The molecule has 0 aromatic heterocycles. The standard InChI is InChI=1S/C23H29NO3/c1-14(2)24(20-11-9-8-10-12-20)21(25)13-27-23(26)22-18(6)16(4)15(3)17(5)19(22)7/h8-12,14H,13H2,1-7H3. The smallest absolute Gasteiger partial charge is 0.339 e. The van der Waals surface area contributed by atoms with E-state index < -0.39 is 5.97 Å². The third kappa shape index (κ3) is 4.21. The lowest BCUT2D eigenvalue weighted by atomic mass is 9.90. The quantitative estimate of drug-likeness (QED) is 0.711. The monoisotopic (exact) mass is 367 g/mol. The van der Waals surface area contributed by atoms with Crippen molar-refractivity contribution in [2.75, 3.05) is 11.5 Å². The maximum absolute atomic E-state index is 12.7. The van der Waals surface area contributed by atoms with Crippen LogP contribution in [0.25, 0.3) is 0 Å². The average molecular weight is 367 g/mol. The number of ether oxygens (including phenoxy) is 1. The Bertz CT molecular complexity index is 825. The van der Waals surface area contributed by atoms with E-state index in [-0.39, 0.29) is 18.6 Å². The van der Waals surface area contributed by atoms with Crippen LogP contribution in [0.4, 0.5) is 5.69 Å². The summed E-state index contributed by atoms with van der Waals surface area (Å²) in [5, 5.41) is 0. The second kappa shape index (κ2) is 8.38. The number of nitrogens with zero attached hydrogens (tertiary/aromatic N) is 1. The summed E-state index contributed by atoms with van der Waals surface area (Å²) in [6.07, 6.45) is 0. The van der Waals surface area contributed by atoms with Crippen LogP contribution in [0.15, 0.2) is 30.3 Å². The van der Waals surface area contributed by atoms with Gasteiger partial charge in [-0.1, -0.05) is 18.2 Å². The van der Waals surface area contributed by atoms with Crippen molar-refractivity contribution >= 4 is 17.6 Å². The Morgan fingerprint density at radius 1 is 0.852 bits per heavy atom. The van der Waals surface area contributed by atoms with Crippen molar-refractivity contribution in [3.8, 4) is 0 Å². The van der Waals surface area contributed by atoms with Gasteiger partial charge in [0, 0.05) is 11.7 Å². The van der Waals surface area contributed by atoms with Gasteiger partial charge in [0.15, 0.2) is 6.61 Å². The molecule has 2 aromatic carbocycles. The van der Waals surface area contributed by atoms with E-state index in [9.17, 15) is 9.59 Å². The third-order valence-electron chi connectivity index (χ3n) is 5.35. The Kier molecular flexibility index (Phi) is 6.42. The van der Waals surface area contributed by atoms with Crippen molar-refractivity contribution in [2.24, 2.45) is 0 Å². The van der Waals surface area contributed by atoms with Gasteiger partial charge in [-0.15, -0.1) is 0 Å². The number of carbonyl (C=O) groups excluding carboxylic acids is 2. The largest absolute Gasteiger partial charge is 0.452 e. The Labute approximate surface area is 162 Å². The third-order valence-corrected chi connectivity index (χ3v) is 5.35. The molecule has 0 atom stereocenters. The highest BCUT2D eigenvalue weighted by Crippen LogP contribution is 2.26. The van der Waals surface area contributed by atoms with E-state index in [1.54, 1.807) is 4.90 Å². The molecule has 0 saturated carbocycles. The lowest BCUT2D eigenvalue weighted by molar-refractivity contribution is -0.122. The SMILES string of the molecule is Cc1c(C)c(C)c(C(=O)OCC(=O)N(c2ccccc2)C(C)C)c(C)c1C. The summed E-state index contributed by atoms with van der Waals surface area (Å²) in [4.78, 5) is 27.1. The fourth-order valence-electron chi connectivity index (χ4n) is 3.39. The zero-order valence-corrected chi connectivity index (χ0v) is 17.3. The number of esters is 1. The molecule has 0 spiro atoms. The summed E-state index contributed by atoms with van der Waals surface area (Å²) in [5.74, 6) is -0.679. The number of rotatable bonds is 5. The van der Waals surface area contributed by atoms with Crippen molar-refractivity contribution in [3.05, 3.63) is 63.7 Å². The molecule has 144 valence electrons. The van der Waals surface area contributed by atoms with E-state index in [0.29, 0.717) is 5.56 Å². The molecule has 0 aliphatic carbocycles. The summed E-state index contributed by atoms with van der Waals surface area (Å²) in [6, 6.07) is 9.39. The predicted molar refractivity (Wildman–Crippen MR) is 109 cm³/mol. The summed E-state index contributed by atoms with van der Waals surface area (Å²) in [6.45, 7) is 13.5. The molecule has 2 aromatic rings. The second-order valence-corrected chi connectivity index (χ2v) is 7.27. The number of amides is 1. The molecule has 0 unspecified atom stereocenters. The highest BCUT2D eigenvalue weighted by molar-refractivity contribution is 5.98. The molecule has 0 fully saturated rings. The van der Waals surface area contributed by atoms with E-state index in [1.165, 1.54) is 5.56 Å². The molecule has 0 N–H and O–H groups in total. The molecule has 4 heteroatoms. The molecule has 2 rings (SSSR count). The number of para-hydroxylation sites is 1. The highest BCUT2D eigenvalue weighted by Gasteiger charge is 2.23. The molecular formula is C23H29NO3. The summed E-state index contributed by atoms with van der Waals surface area (Å²) >= 11 is 0. The Morgan fingerprint density at radius 3 is 1.81 bits per heavy atom. The minimum absolute atomic E-state index is 0.0362. The van der Waals surface area contributed by atoms with Crippen LogP contribution < -0.4 is 4.90 Å². The summed E-state index contributed by atoms with van der Waals surface area (Å²) in [7, 11) is 0. The van der Waals surface area contributed by atoms with E-state index in [4.69, 9.17) is 4.74 Å². The first kappa shape index (κ1) is 20.7. The summed E-state index contributed by atoms with van der Waals surface area (Å²) < 4.78 is 5.42. The molecular weight excluding hydrogens is 338 g/mol. The van der Waals surface area contributed by atoms with Gasteiger partial charge < -0.3 is 9.64 Å². The fourth-order valence-corrected chi connectivity index (χ4v) is 3.39. The van der Waals surface area contributed by atoms with E-state index in [0.717, 1.165) is 27.9 Å². The van der Waals surface area contributed by atoms with Gasteiger partial charge >= 0.3 is 5.97 Å². The topological polar surface area (TPSA) is 46.6 Å². The van der Waals surface area contributed by atoms with Crippen LogP contribution in [0.5, 0.6) is 0 Å². The highest BCUT2D eigenvalue weighted by atomic mass is 16.5. The van der Waals surface area contributed by atoms with E-state index >= 15 is 0 Å². The number of hydrogen-bond donors (Lipinski definition) is 0. The van der Waals surface area contributed by atoms with Gasteiger partial charge in [0.1, 0.15) is 0 Å². The molecule has 0 radical (unpaired) electrons. The first-order valence-corrected chi connectivity index (χ1v) is 9.28. The average Bonchev–Trinajstić information content (AvgIpc) is 2.64. The van der Waals surface area contributed by atoms with Crippen molar-refractivity contribution in [2.45, 2.75) is 54.5 Å². The number of anilines is 1. The van der Waals surface area contributed by atoms with Gasteiger partial charge in [0.2, 0.25) is 0 Å². The lowest BCUT2D eigenvalue weighted by Gasteiger charge is -2.27. The number of hydrogen-bond acceptors (Lipinski definition) is 3. The minimum Gasteiger partial charge on any atom is -0.452 e.